The number of pyridine rings is 2. The first-order valence-corrected chi connectivity index (χ1v) is 44.9. The number of rotatable bonds is 22. The second-order valence-corrected chi connectivity index (χ2v) is 34.0. The summed E-state index contributed by atoms with van der Waals surface area (Å²) < 4.78 is 0. The van der Waals surface area contributed by atoms with Gasteiger partial charge in [0.2, 0.25) is 0 Å². The van der Waals surface area contributed by atoms with Crippen LogP contribution in [0.1, 0.15) is 79.6 Å². The summed E-state index contributed by atoms with van der Waals surface area (Å²) in [7, 11) is 0. The smallest absolute Gasteiger partial charge is 0.0973 e. The summed E-state index contributed by atoms with van der Waals surface area (Å²) in [5, 5.41) is 0. The van der Waals surface area contributed by atoms with Crippen molar-refractivity contribution in [2.45, 2.75) is 93.9 Å². The predicted molar refractivity (Wildman–Crippen MR) is 541 cm³/mol. The van der Waals surface area contributed by atoms with E-state index in [1.54, 1.807) is 0 Å². The first-order valence-electron chi connectivity index (χ1n) is 44.9. The van der Waals surface area contributed by atoms with Crippen LogP contribution in [0.2, 0.25) is 0 Å². The summed E-state index contributed by atoms with van der Waals surface area (Å²) in [4.78, 5) is 21.2. The van der Waals surface area contributed by atoms with Gasteiger partial charge in [0.15, 0.2) is 0 Å². The normalized spacial score (nSPS) is 11.0. The van der Waals surface area contributed by atoms with Crippen molar-refractivity contribution in [3.8, 4) is 157 Å². The molecule has 0 aliphatic carbocycles. The fourth-order valence-corrected chi connectivity index (χ4v) is 17.1. The van der Waals surface area contributed by atoms with Crippen LogP contribution in [0.5, 0.6) is 0 Å². The lowest BCUT2D eigenvalue weighted by Crippen LogP contribution is -2.01. The Kier molecular flexibility index (Phi) is 26.8. The quantitative estimate of drug-likeness (QED) is 0.0679. The highest BCUT2D eigenvalue weighted by Gasteiger charge is 2.22. The Hall–Kier alpha value is -15.1. The average molecular weight is 1650 g/mol. The van der Waals surface area contributed by atoms with Gasteiger partial charge in [-0.05, 0) is 248 Å². The van der Waals surface area contributed by atoms with Crippen LogP contribution in [-0.2, 0) is 25.7 Å². The third-order valence-corrected chi connectivity index (χ3v) is 24.4. The van der Waals surface area contributed by atoms with Crippen LogP contribution >= 0.6 is 0 Å². The summed E-state index contributed by atoms with van der Waals surface area (Å²) in [5.41, 5.74) is 46.8. The van der Waals surface area contributed by atoms with Crippen molar-refractivity contribution in [2.24, 2.45) is 0 Å². The van der Waals surface area contributed by atoms with Gasteiger partial charge in [-0.3, -0.25) is 0 Å². The van der Waals surface area contributed by atoms with Gasteiger partial charge in [0.25, 0.3) is 0 Å². The van der Waals surface area contributed by atoms with Crippen molar-refractivity contribution in [3.63, 3.8) is 0 Å². The molecule has 4 nitrogen and oxygen atoms in total. The Morgan fingerprint density at radius 1 is 0.156 bits per heavy atom. The largest absolute Gasteiger partial charge is 0.248 e. The number of benzene rings is 16. The number of hydrogen-bond acceptors (Lipinski definition) is 4. The molecular formula is C124H106N4. The number of aryl methyl sites for hydroxylation is 12. The predicted octanol–water partition coefficient (Wildman–Crippen LogP) is 32.8. The molecule has 19 rings (SSSR count). The Labute approximate surface area is 756 Å². The summed E-state index contributed by atoms with van der Waals surface area (Å²) in [5.74, 6) is 0. The monoisotopic (exact) mass is 1650 g/mol. The SMILES string of the molecule is Cc1ccc(C)c(-c2cc(-c3ccc(-c4ccccc4)cc3)cc(-c3ccccc3)n2)c1.Cc1ccc(C)c(-c2cccc(-c3cc(-c4ccc(-c5cccc(-c6ccccc6)c5)cc4)cc(-c4ccccc4)n3)c2)c1.Cc1ccc(C)c(CCCc2ccc(-c3nc(-c4ccccc4)c(-c4ccc(CCCc5cc(C)ccc5C)cc4)nc3-c3ccccc3)cc2)c1. The van der Waals surface area contributed by atoms with E-state index in [1.165, 1.54) is 134 Å². The van der Waals surface area contributed by atoms with Crippen LogP contribution in [0.15, 0.2) is 425 Å². The molecule has 3 aromatic heterocycles. The summed E-state index contributed by atoms with van der Waals surface area (Å²) in [6.45, 7) is 17.4. The Bertz CT molecular complexity index is 6820. The molecule has 0 fully saturated rings. The average Bonchev–Trinajstić information content (AvgIpc) is 0.766. The van der Waals surface area contributed by atoms with Gasteiger partial charge in [0.1, 0.15) is 0 Å². The molecule has 0 unspecified atom stereocenters. The fourth-order valence-electron chi connectivity index (χ4n) is 17.1. The molecule has 0 aliphatic heterocycles. The molecule has 0 saturated carbocycles. The zero-order valence-electron chi connectivity index (χ0n) is 74.4. The van der Waals surface area contributed by atoms with Crippen molar-refractivity contribution in [1.82, 2.24) is 19.9 Å². The van der Waals surface area contributed by atoms with Crippen molar-refractivity contribution < 1.29 is 0 Å². The summed E-state index contributed by atoms with van der Waals surface area (Å²) in [6, 6.07) is 152. The van der Waals surface area contributed by atoms with Crippen LogP contribution in [0.4, 0.5) is 0 Å². The van der Waals surface area contributed by atoms with E-state index < -0.39 is 0 Å². The van der Waals surface area contributed by atoms with E-state index in [9.17, 15) is 0 Å². The maximum Gasteiger partial charge on any atom is 0.0973 e. The van der Waals surface area contributed by atoms with Gasteiger partial charge in [0, 0.05) is 44.5 Å². The lowest BCUT2D eigenvalue weighted by molar-refractivity contribution is 0.815. The van der Waals surface area contributed by atoms with E-state index in [4.69, 9.17) is 19.9 Å². The highest BCUT2D eigenvalue weighted by molar-refractivity contribution is 5.88. The van der Waals surface area contributed by atoms with Gasteiger partial charge in [-0.15, -0.1) is 0 Å². The molecule has 0 atom stereocenters. The number of nitrogens with zero attached hydrogens (tertiary/aromatic N) is 4. The van der Waals surface area contributed by atoms with E-state index >= 15 is 0 Å². The van der Waals surface area contributed by atoms with Crippen molar-refractivity contribution in [1.29, 1.82) is 0 Å². The molecule has 0 spiro atoms. The molecule has 19 aromatic rings. The highest BCUT2D eigenvalue weighted by atomic mass is 14.9. The van der Waals surface area contributed by atoms with Gasteiger partial charge in [-0.1, -0.05) is 404 Å². The van der Waals surface area contributed by atoms with Gasteiger partial charge in [-0.25, -0.2) is 19.9 Å². The Morgan fingerprint density at radius 3 is 0.836 bits per heavy atom. The van der Waals surface area contributed by atoms with Crippen LogP contribution in [0, 0.1) is 55.4 Å². The van der Waals surface area contributed by atoms with Gasteiger partial charge < -0.3 is 0 Å². The molecule has 0 saturated heterocycles. The standard InChI is InChI=1S/C50H48N2.C43H33N.C31H25N/c1-35-21-23-37(3)45(33-35)19-11-13-39-25-29-43(30-26-39)49-47(41-15-7-5-8-16-41)52-50(48(51-49)42-17-9-6-10-18-42)44-31-27-40(28-32-44)14-12-20-46-34-36(2)22-24-38(46)4;1-30-19-20-31(2)41(25-30)38-17-10-18-39(27-38)43-29-40(28-42(44-43)35-13-7-4-8-14-35)34-23-21-33(22-24-34)37-16-9-15-36(26-37)32-11-5-3-6-12-32;1-22-13-14-23(2)29(19-22)31-21-28(20-30(32-31)27-11-7-4-8-12-27)26-17-15-25(16-18-26)24-9-5-3-6-10-24/h5-10,15-18,21-34H,11-14,19-20H2,1-4H3;3-29H,1-2H3;3-21H,1-2H3. The molecule has 0 N–H and O–H groups in total. The lowest BCUT2D eigenvalue weighted by Gasteiger charge is -2.16. The van der Waals surface area contributed by atoms with Crippen LogP contribution in [-0.4, -0.2) is 19.9 Å². The molecule has 128 heavy (non-hydrogen) atoms. The lowest BCUT2D eigenvalue weighted by atomic mass is 9.94. The minimum Gasteiger partial charge on any atom is -0.248 e. The maximum absolute atomic E-state index is 5.47. The second-order valence-electron chi connectivity index (χ2n) is 34.0. The number of hydrogen-bond donors (Lipinski definition) is 0. The van der Waals surface area contributed by atoms with Gasteiger partial charge >= 0.3 is 0 Å². The van der Waals surface area contributed by atoms with Crippen LogP contribution in [0.3, 0.4) is 0 Å². The van der Waals surface area contributed by atoms with Gasteiger partial charge in [-0.2, -0.15) is 0 Å². The molecule has 3 heterocycles. The molecule has 0 amide bonds. The van der Waals surface area contributed by atoms with Crippen molar-refractivity contribution in [3.05, 3.63) is 491 Å². The van der Waals surface area contributed by atoms with Crippen molar-refractivity contribution in [2.75, 3.05) is 0 Å². The highest BCUT2D eigenvalue weighted by Crippen LogP contribution is 2.41. The van der Waals surface area contributed by atoms with E-state index in [0.29, 0.717) is 0 Å². The first-order chi connectivity index (χ1) is 62.7. The molecule has 0 radical (unpaired) electrons. The third kappa shape index (κ3) is 20.9. The third-order valence-electron chi connectivity index (χ3n) is 24.4. The first kappa shape index (κ1) is 85.1. The molecule has 16 aromatic carbocycles. The summed E-state index contributed by atoms with van der Waals surface area (Å²) in [6.07, 6.45) is 6.51. The van der Waals surface area contributed by atoms with Crippen molar-refractivity contribution >= 4 is 0 Å². The molecule has 0 bridgehead atoms. The number of aromatic nitrogens is 4. The molecular weight excluding hydrogens is 1550 g/mol. The molecule has 0 aliphatic rings. The zero-order chi connectivity index (χ0) is 87.7. The van der Waals surface area contributed by atoms with Crippen LogP contribution < -0.4 is 0 Å². The Balaban J connectivity index is 0.000000139. The summed E-state index contributed by atoms with van der Waals surface area (Å²) >= 11 is 0. The second kappa shape index (κ2) is 40.3. The fraction of sp³-hybridized carbons (Fsp3) is 0.113. The molecule has 622 valence electrons. The maximum atomic E-state index is 5.47. The molecule has 4 heteroatoms. The minimum atomic E-state index is 0.899. The van der Waals surface area contributed by atoms with E-state index in [-0.39, 0.29) is 0 Å². The van der Waals surface area contributed by atoms with E-state index in [0.717, 1.165) is 129 Å². The van der Waals surface area contributed by atoms with Gasteiger partial charge in [0.05, 0.1) is 45.6 Å². The topological polar surface area (TPSA) is 51.6 Å². The Morgan fingerprint density at radius 2 is 0.422 bits per heavy atom. The van der Waals surface area contributed by atoms with E-state index in [2.05, 4.69) is 468 Å². The minimum absolute atomic E-state index is 0.899. The van der Waals surface area contributed by atoms with Crippen LogP contribution in [0.25, 0.3) is 157 Å². The van der Waals surface area contributed by atoms with E-state index in [1.807, 2.05) is 12.1 Å². The zero-order valence-corrected chi connectivity index (χ0v) is 74.4.